The van der Waals surface area contributed by atoms with Crippen LogP contribution in [0, 0.1) is 0 Å². The smallest absolute Gasteiger partial charge is 0.227 e. The van der Waals surface area contributed by atoms with E-state index in [2.05, 4.69) is 126 Å². The zero-order valence-electron chi connectivity index (χ0n) is 24.9. The van der Waals surface area contributed by atoms with Crippen molar-refractivity contribution in [1.82, 2.24) is 14.4 Å². The van der Waals surface area contributed by atoms with Gasteiger partial charge in [0, 0.05) is 34.5 Å². The van der Waals surface area contributed by atoms with Crippen LogP contribution in [0.1, 0.15) is 23.6 Å². The molecule has 0 amide bonds. The molecule has 4 heteroatoms. The lowest BCUT2D eigenvalue weighted by Gasteiger charge is -2.20. The SMILES string of the molecule is C1=CC(c2cn3ccccc3n2)CC=C1c1c2ccccc2c(-c2ccc3oc4nc5ccccc5cc4c3c2)c2ccccc12. The zero-order chi connectivity index (χ0) is 30.2. The molecule has 0 N–H and O–H groups in total. The van der Waals surface area contributed by atoms with Gasteiger partial charge in [0.2, 0.25) is 5.71 Å². The van der Waals surface area contributed by atoms with Gasteiger partial charge in [-0.25, -0.2) is 9.97 Å². The molecule has 9 aromatic rings. The molecule has 0 fully saturated rings. The predicted octanol–water partition coefficient (Wildman–Crippen LogP) is 10.9. The van der Waals surface area contributed by atoms with Gasteiger partial charge >= 0.3 is 0 Å². The number of para-hydroxylation sites is 1. The minimum absolute atomic E-state index is 0.253. The summed E-state index contributed by atoms with van der Waals surface area (Å²) in [5, 5.41) is 8.22. The molecule has 1 unspecified atom stereocenters. The molecule has 4 nitrogen and oxygen atoms in total. The minimum atomic E-state index is 0.253. The monoisotopic (exact) mass is 589 g/mol. The van der Waals surface area contributed by atoms with Crippen molar-refractivity contribution in [1.29, 1.82) is 0 Å². The quantitative estimate of drug-likeness (QED) is 0.193. The Morgan fingerprint density at radius 2 is 1.39 bits per heavy atom. The molecule has 0 saturated carbocycles. The second kappa shape index (κ2) is 9.75. The van der Waals surface area contributed by atoms with Crippen molar-refractivity contribution < 1.29 is 4.42 Å². The molecular weight excluding hydrogens is 562 g/mol. The highest BCUT2D eigenvalue weighted by atomic mass is 16.3. The van der Waals surface area contributed by atoms with E-state index in [0.717, 1.165) is 45.0 Å². The Morgan fingerprint density at radius 3 is 2.15 bits per heavy atom. The number of furan rings is 1. The lowest BCUT2D eigenvalue weighted by Crippen LogP contribution is -2.00. The van der Waals surface area contributed by atoms with E-state index >= 15 is 0 Å². The van der Waals surface area contributed by atoms with Crippen LogP contribution in [-0.2, 0) is 0 Å². The summed E-state index contributed by atoms with van der Waals surface area (Å²) in [6, 6.07) is 40.8. The standard InChI is InChI=1S/C42H27N3O/c1-6-14-36-28(9-1)23-35-34-24-29(20-21-38(34)46-42(35)44-36)41-32-12-4-2-10-30(32)40(31-11-3-5-13-33(31)41)27-18-16-26(17-19-27)37-25-45-22-8-7-15-39(45)43-37/h1-16,18-26H,17H2. The average Bonchev–Trinajstić information content (AvgIpc) is 3.71. The summed E-state index contributed by atoms with van der Waals surface area (Å²) >= 11 is 0. The highest BCUT2D eigenvalue weighted by Gasteiger charge is 2.21. The van der Waals surface area contributed by atoms with Gasteiger partial charge in [-0.3, -0.25) is 0 Å². The van der Waals surface area contributed by atoms with Gasteiger partial charge < -0.3 is 8.82 Å². The van der Waals surface area contributed by atoms with E-state index in [0.29, 0.717) is 5.71 Å². The van der Waals surface area contributed by atoms with Gasteiger partial charge in [0.15, 0.2) is 0 Å². The molecule has 10 rings (SSSR count). The van der Waals surface area contributed by atoms with Crippen LogP contribution in [-0.4, -0.2) is 14.4 Å². The fourth-order valence-corrected chi connectivity index (χ4v) is 7.37. The number of aromatic nitrogens is 3. The summed E-state index contributed by atoms with van der Waals surface area (Å²) in [6.45, 7) is 0. The van der Waals surface area contributed by atoms with E-state index in [1.54, 1.807) is 0 Å². The van der Waals surface area contributed by atoms with Crippen molar-refractivity contribution in [3.05, 3.63) is 157 Å². The Hall–Kier alpha value is -6.00. The highest BCUT2D eigenvalue weighted by molar-refractivity contribution is 6.20. The largest absolute Gasteiger partial charge is 0.438 e. The summed E-state index contributed by atoms with van der Waals surface area (Å²) in [5.74, 6) is 0.253. The average molecular weight is 590 g/mol. The Morgan fingerprint density at radius 1 is 0.652 bits per heavy atom. The van der Waals surface area contributed by atoms with Gasteiger partial charge in [-0.15, -0.1) is 0 Å². The second-order valence-corrected chi connectivity index (χ2v) is 12.2. The lowest BCUT2D eigenvalue weighted by atomic mass is 9.83. The Labute approximate surface area is 264 Å². The van der Waals surface area contributed by atoms with Gasteiger partial charge in [0.25, 0.3) is 0 Å². The normalized spacial score (nSPS) is 15.1. The summed E-state index contributed by atoms with van der Waals surface area (Å²) in [5.41, 5.74) is 9.51. The number of benzene rings is 5. The molecule has 4 heterocycles. The first-order chi connectivity index (χ1) is 22.8. The van der Waals surface area contributed by atoms with Crippen LogP contribution >= 0.6 is 0 Å². The maximum Gasteiger partial charge on any atom is 0.227 e. The van der Waals surface area contributed by atoms with Crippen molar-refractivity contribution in [2.45, 2.75) is 12.3 Å². The molecule has 216 valence electrons. The molecule has 0 spiro atoms. The topological polar surface area (TPSA) is 43.3 Å². The van der Waals surface area contributed by atoms with Gasteiger partial charge in [-0.2, -0.15) is 0 Å². The zero-order valence-corrected chi connectivity index (χ0v) is 24.9. The summed E-state index contributed by atoms with van der Waals surface area (Å²) in [6.07, 6.45) is 12.1. The third-order valence-electron chi connectivity index (χ3n) is 9.54. The maximum absolute atomic E-state index is 6.25. The summed E-state index contributed by atoms with van der Waals surface area (Å²) in [4.78, 5) is 9.73. The lowest BCUT2D eigenvalue weighted by molar-refractivity contribution is 0.656. The number of fused-ring (bicyclic) bond motifs is 7. The maximum atomic E-state index is 6.25. The molecule has 1 aliphatic rings. The third kappa shape index (κ3) is 3.80. The third-order valence-corrected chi connectivity index (χ3v) is 9.54. The van der Waals surface area contributed by atoms with E-state index in [-0.39, 0.29) is 5.92 Å². The molecule has 1 atom stereocenters. The van der Waals surface area contributed by atoms with Crippen LogP contribution in [0.5, 0.6) is 0 Å². The van der Waals surface area contributed by atoms with Crippen LogP contribution in [0.4, 0.5) is 0 Å². The van der Waals surface area contributed by atoms with E-state index in [4.69, 9.17) is 14.4 Å². The fourth-order valence-electron chi connectivity index (χ4n) is 7.37. The molecule has 1 aliphatic carbocycles. The Kier molecular flexibility index (Phi) is 5.37. The molecule has 5 aromatic carbocycles. The fraction of sp³-hybridized carbons (Fsp3) is 0.0476. The first-order valence-corrected chi connectivity index (χ1v) is 15.8. The highest BCUT2D eigenvalue weighted by Crippen LogP contribution is 2.44. The molecule has 0 radical (unpaired) electrons. The molecular formula is C42H27N3O. The van der Waals surface area contributed by atoms with Crippen molar-refractivity contribution in [2.24, 2.45) is 0 Å². The van der Waals surface area contributed by atoms with E-state index in [9.17, 15) is 0 Å². The van der Waals surface area contributed by atoms with Gasteiger partial charge in [-0.1, -0.05) is 97.1 Å². The van der Waals surface area contributed by atoms with Crippen LogP contribution in [0.15, 0.2) is 150 Å². The van der Waals surface area contributed by atoms with Crippen molar-refractivity contribution in [3.63, 3.8) is 0 Å². The molecule has 0 saturated heterocycles. The second-order valence-electron chi connectivity index (χ2n) is 12.2. The molecule has 0 aliphatic heterocycles. The van der Waals surface area contributed by atoms with Crippen molar-refractivity contribution in [2.75, 3.05) is 0 Å². The van der Waals surface area contributed by atoms with Crippen LogP contribution < -0.4 is 0 Å². The van der Waals surface area contributed by atoms with Crippen LogP contribution in [0.25, 0.3) is 76.9 Å². The molecule has 4 aromatic heterocycles. The number of imidazole rings is 1. The number of allylic oxidation sites excluding steroid dienone is 4. The predicted molar refractivity (Wildman–Crippen MR) is 189 cm³/mol. The number of pyridine rings is 2. The van der Waals surface area contributed by atoms with Crippen LogP contribution in [0.3, 0.4) is 0 Å². The number of hydrogen-bond donors (Lipinski definition) is 0. The number of nitrogens with zero attached hydrogens (tertiary/aromatic N) is 3. The van der Waals surface area contributed by atoms with Crippen molar-refractivity contribution >= 4 is 65.7 Å². The van der Waals surface area contributed by atoms with Gasteiger partial charge in [0.1, 0.15) is 11.2 Å². The van der Waals surface area contributed by atoms with Crippen LogP contribution in [0.2, 0.25) is 0 Å². The van der Waals surface area contributed by atoms with Crippen molar-refractivity contribution in [3.8, 4) is 11.1 Å². The first-order valence-electron chi connectivity index (χ1n) is 15.8. The summed E-state index contributed by atoms with van der Waals surface area (Å²) < 4.78 is 8.35. The molecule has 46 heavy (non-hydrogen) atoms. The summed E-state index contributed by atoms with van der Waals surface area (Å²) in [7, 11) is 0. The van der Waals surface area contributed by atoms with E-state index in [1.165, 1.54) is 43.8 Å². The van der Waals surface area contributed by atoms with Gasteiger partial charge in [-0.05, 0) is 86.6 Å². The van der Waals surface area contributed by atoms with E-state index in [1.807, 2.05) is 24.3 Å². The number of hydrogen-bond acceptors (Lipinski definition) is 3. The van der Waals surface area contributed by atoms with E-state index < -0.39 is 0 Å². The van der Waals surface area contributed by atoms with Gasteiger partial charge in [0.05, 0.1) is 11.2 Å². The number of rotatable bonds is 3. The molecule has 0 bridgehead atoms. The Balaban J connectivity index is 1.14. The minimum Gasteiger partial charge on any atom is -0.438 e. The Bertz CT molecular complexity index is 2650. The first kappa shape index (κ1) is 25.3.